The zero-order valence-electron chi connectivity index (χ0n) is 14.8. The van der Waals surface area contributed by atoms with Gasteiger partial charge in [0.15, 0.2) is 0 Å². The van der Waals surface area contributed by atoms with Gasteiger partial charge in [-0.25, -0.2) is 0 Å². The van der Waals surface area contributed by atoms with Crippen LogP contribution in [0, 0.1) is 0 Å². The van der Waals surface area contributed by atoms with Crippen molar-refractivity contribution in [2.75, 3.05) is 33.9 Å². The van der Waals surface area contributed by atoms with Gasteiger partial charge in [0.25, 0.3) is 5.91 Å². The minimum atomic E-state index is -0.280. The first-order valence-corrected chi connectivity index (χ1v) is 8.38. The number of ether oxygens (including phenoxy) is 2. The van der Waals surface area contributed by atoms with E-state index in [2.05, 4.69) is 15.5 Å². The maximum absolute atomic E-state index is 12.4. The van der Waals surface area contributed by atoms with Gasteiger partial charge < -0.3 is 19.7 Å². The van der Waals surface area contributed by atoms with Crippen molar-refractivity contribution in [3.63, 3.8) is 0 Å². The Hall–Kier alpha value is -2.87. The van der Waals surface area contributed by atoms with E-state index in [9.17, 15) is 9.59 Å². The maximum Gasteiger partial charge on any atom is 0.269 e. The van der Waals surface area contributed by atoms with Crippen LogP contribution in [0.1, 0.15) is 16.9 Å². The molecule has 0 aliphatic carbocycles. The molecule has 3 rings (SSSR count). The quantitative estimate of drug-likeness (QED) is 0.772. The molecule has 1 saturated heterocycles. The van der Waals surface area contributed by atoms with Crippen LogP contribution in [0.5, 0.6) is 5.75 Å². The molecule has 0 unspecified atom stereocenters. The highest BCUT2D eigenvalue weighted by atomic mass is 16.5. The highest BCUT2D eigenvalue weighted by Crippen LogP contribution is 2.22. The summed E-state index contributed by atoms with van der Waals surface area (Å²) in [6, 6.07) is 8.92. The molecule has 1 aromatic carbocycles. The van der Waals surface area contributed by atoms with Crippen LogP contribution >= 0.6 is 0 Å². The van der Waals surface area contributed by atoms with Crippen molar-refractivity contribution in [3.8, 4) is 17.0 Å². The molecular formula is C18H22N4O4. The topological polar surface area (TPSA) is 96.5 Å². The molecule has 8 nitrogen and oxygen atoms in total. The molecule has 1 atom stereocenters. The van der Waals surface area contributed by atoms with E-state index < -0.39 is 0 Å². The Morgan fingerprint density at radius 3 is 3.00 bits per heavy atom. The predicted octanol–water partition coefficient (Wildman–Crippen LogP) is 1.06. The molecule has 0 spiro atoms. The van der Waals surface area contributed by atoms with Gasteiger partial charge in [-0.3, -0.25) is 14.7 Å². The average Bonchev–Trinajstić information content (AvgIpc) is 3.27. The number of carbonyl (C=O) groups is 2. The largest absolute Gasteiger partial charge is 0.497 e. The second-order valence-corrected chi connectivity index (χ2v) is 6.11. The number of benzene rings is 1. The van der Waals surface area contributed by atoms with E-state index in [4.69, 9.17) is 9.47 Å². The summed E-state index contributed by atoms with van der Waals surface area (Å²) in [7, 11) is 3.19. The number of rotatable bonds is 7. The van der Waals surface area contributed by atoms with Crippen LogP contribution in [0.2, 0.25) is 0 Å². The summed E-state index contributed by atoms with van der Waals surface area (Å²) in [4.78, 5) is 26.1. The van der Waals surface area contributed by atoms with Crippen LogP contribution in [0.25, 0.3) is 11.3 Å². The molecule has 1 fully saturated rings. The maximum atomic E-state index is 12.4. The number of nitrogens with one attached hydrogen (secondary N) is 2. The average molecular weight is 358 g/mol. The molecule has 138 valence electrons. The summed E-state index contributed by atoms with van der Waals surface area (Å²) in [5, 5.41) is 9.82. The van der Waals surface area contributed by atoms with E-state index in [1.54, 1.807) is 25.2 Å². The van der Waals surface area contributed by atoms with E-state index in [1.807, 2.05) is 24.3 Å². The molecule has 2 heterocycles. The summed E-state index contributed by atoms with van der Waals surface area (Å²) in [5.41, 5.74) is 1.85. The number of nitrogens with zero attached hydrogens (tertiary/aromatic N) is 2. The molecule has 2 N–H and O–H groups in total. The van der Waals surface area contributed by atoms with Gasteiger partial charge >= 0.3 is 0 Å². The Kier molecular flexibility index (Phi) is 5.52. The van der Waals surface area contributed by atoms with E-state index in [0.717, 1.165) is 11.3 Å². The van der Waals surface area contributed by atoms with Gasteiger partial charge in [0, 0.05) is 32.2 Å². The monoisotopic (exact) mass is 358 g/mol. The van der Waals surface area contributed by atoms with Gasteiger partial charge in [0.2, 0.25) is 5.91 Å². The van der Waals surface area contributed by atoms with Crippen LogP contribution in [-0.4, -0.2) is 66.9 Å². The Balaban J connectivity index is 1.62. The Morgan fingerprint density at radius 1 is 1.38 bits per heavy atom. The number of aromatic amines is 1. The molecule has 0 bridgehead atoms. The van der Waals surface area contributed by atoms with Crippen molar-refractivity contribution in [3.05, 3.63) is 36.0 Å². The predicted molar refractivity (Wildman–Crippen MR) is 94.9 cm³/mol. The first-order chi connectivity index (χ1) is 12.6. The second kappa shape index (κ2) is 8.01. The summed E-state index contributed by atoms with van der Waals surface area (Å²) >= 11 is 0. The Bertz CT molecular complexity index is 789. The van der Waals surface area contributed by atoms with Crippen LogP contribution < -0.4 is 10.1 Å². The third kappa shape index (κ3) is 4.02. The van der Waals surface area contributed by atoms with Crippen molar-refractivity contribution in [1.82, 2.24) is 20.4 Å². The first kappa shape index (κ1) is 17.9. The highest BCUT2D eigenvalue weighted by Gasteiger charge is 2.30. The molecule has 1 aliphatic rings. The van der Waals surface area contributed by atoms with Gasteiger partial charge in [0.1, 0.15) is 11.4 Å². The molecule has 0 radical (unpaired) electrons. The van der Waals surface area contributed by atoms with Crippen LogP contribution in [-0.2, 0) is 9.53 Å². The van der Waals surface area contributed by atoms with Gasteiger partial charge in [-0.15, -0.1) is 0 Å². The standard InChI is InChI=1S/C18H22N4O4/c1-25-7-6-22-11-13(9-17(22)23)19-18(24)16-10-15(20-21-16)12-4-3-5-14(8-12)26-2/h3-5,8,10,13H,6-7,9,11H2,1-2H3,(H,19,24)(H,20,21)/t13-/m1/s1. The van der Waals surface area contributed by atoms with Crippen LogP contribution in [0.3, 0.4) is 0 Å². The fraction of sp³-hybridized carbons (Fsp3) is 0.389. The number of carbonyl (C=O) groups excluding carboxylic acids is 2. The van der Waals surface area contributed by atoms with E-state index in [1.165, 1.54) is 0 Å². The lowest BCUT2D eigenvalue weighted by Gasteiger charge is -2.16. The molecular weight excluding hydrogens is 336 g/mol. The lowest BCUT2D eigenvalue weighted by atomic mass is 10.1. The van der Waals surface area contributed by atoms with E-state index in [-0.39, 0.29) is 17.9 Å². The smallest absolute Gasteiger partial charge is 0.269 e. The van der Waals surface area contributed by atoms with Crippen molar-refractivity contribution in [2.24, 2.45) is 0 Å². The van der Waals surface area contributed by atoms with Crippen molar-refractivity contribution >= 4 is 11.8 Å². The number of amides is 2. The van der Waals surface area contributed by atoms with Crippen molar-refractivity contribution in [1.29, 1.82) is 0 Å². The lowest BCUT2D eigenvalue weighted by Crippen LogP contribution is -2.37. The minimum Gasteiger partial charge on any atom is -0.497 e. The lowest BCUT2D eigenvalue weighted by molar-refractivity contribution is -0.128. The van der Waals surface area contributed by atoms with Gasteiger partial charge in [0.05, 0.1) is 25.5 Å². The third-order valence-corrected chi connectivity index (χ3v) is 4.30. The molecule has 2 aromatic rings. The van der Waals surface area contributed by atoms with Crippen LogP contribution in [0.15, 0.2) is 30.3 Å². The highest BCUT2D eigenvalue weighted by molar-refractivity contribution is 5.94. The van der Waals surface area contributed by atoms with Crippen molar-refractivity contribution < 1.29 is 19.1 Å². The number of H-pyrrole nitrogens is 1. The second-order valence-electron chi connectivity index (χ2n) is 6.11. The van der Waals surface area contributed by atoms with Crippen LogP contribution in [0.4, 0.5) is 0 Å². The number of methoxy groups -OCH3 is 2. The Labute approximate surface area is 151 Å². The minimum absolute atomic E-state index is 0.0223. The van der Waals surface area contributed by atoms with E-state index in [0.29, 0.717) is 37.5 Å². The molecule has 1 aromatic heterocycles. The fourth-order valence-corrected chi connectivity index (χ4v) is 2.92. The summed E-state index contributed by atoms with van der Waals surface area (Å²) in [6.45, 7) is 1.51. The number of hydrogen-bond donors (Lipinski definition) is 2. The van der Waals surface area contributed by atoms with Gasteiger partial charge in [-0.05, 0) is 18.2 Å². The molecule has 1 aliphatic heterocycles. The Morgan fingerprint density at radius 2 is 2.23 bits per heavy atom. The molecule has 2 amide bonds. The van der Waals surface area contributed by atoms with Gasteiger partial charge in [-0.1, -0.05) is 12.1 Å². The number of aromatic nitrogens is 2. The summed E-state index contributed by atoms with van der Waals surface area (Å²) in [6.07, 6.45) is 0.298. The number of likely N-dealkylation sites (tertiary alicyclic amines) is 1. The molecule has 26 heavy (non-hydrogen) atoms. The zero-order chi connectivity index (χ0) is 18.5. The van der Waals surface area contributed by atoms with Gasteiger partial charge in [-0.2, -0.15) is 5.10 Å². The van der Waals surface area contributed by atoms with Crippen molar-refractivity contribution in [2.45, 2.75) is 12.5 Å². The SMILES string of the molecule is COCCN1C[C@H](NC(=O)c2cc(-c3cccc(OC)c3)n[nH]2)CC1=O. The summed E-state index contributed by atoms with van der Waals surface area (Å²) < 4.78 is 10.2. The number of hydrogen-bond acceptors (Lipinski definition) is 5. The fourth-order valence-electron chi connectivity index (χ4n) is 2.92. The zero-order valence-corrected chi connectivity index (χ0v) is 14.8. The molecule has 0 saturated carbocycles. The first-order valence-electron chi connectivity index (χ1n) is 8.38. The summed E-state index contributed by atoms with van der Waals surface area (Å²) in [5.74, 6) is 0.462. The molecule has 8 heteroatoms. The third-order valence-electron chi connectivity index (χ3n) is 4.30. The normalized spacial score (nSPS) is 16.8. The van der Waals surface area contributed by atoms with E-state index >= 15 is 0 Å².